The molecule has 1 atom stereocenters. The van der Waals surface area contributed by atoms with Crippen LogP contribution in [0.15, 0.2) is 5.38 Å². The van der Waals surface area contributed by atoms with Crippen LogP contribution in [-0.2, 0) is 7.05 Å². The average Bonchev–Trinajstić information content (AvgIpc) is 2.93. The van der Waals surface area contributed by atoms with Gasteiger partial charge in [-0.25, -0.2) is 4.98 Å². The fourth-order valence-corrected chi connectivity index (χ4v) is 3.21. The molecule has 0 aliphatic rings. The van der Waals surface area contributed by atoms with Gasteiger partial charge in [-0.1, -0.05) is 6.92 Å². The number of aromatic nitrogens is 3. The summed E-state index contributed by atoms with van der Waals surface area (Å²) in [5.74, 6) is 0. The van der Waals surface area contributed by atoms with E-state index in [4.69, 9.17) is 4.98 Å². The summed E-state index contributed by atoms with van der Waals surface area (Å²) in [6.45, 7) is 9.50. The lowest BCUT2D eigenvalue weighted by atomic mass is 10.2. The largest absolute Gasteiger partial charge is 0.309 e. The fraction of sp³-hybridized carbons (Fsp3) is 0.571. The molecular weight excluding hydrogens is 256 g/mol. The molecule has 0 spiro atoms. The highest BCUT2D eigenvalue weighted by Gasteiger charge is 2.16. The molecule has 0 fully saturated rings. The van der Waals surface area contributed by atoms with Crippen molar-refractivity contribution in [3.05, 3.63) is 22.5 Å². The Morgan fingerprint density at radius 2 is 2.16 bits per heavy atom. The van der Waals surface area contributed by atoms with Gasteiger partial charge in [0.05, 0.1) is 17.0 Å². The van der Waals surface area contributed by atoms with Crippen molar-refractivity contribution < 1.29 is 0 Å². The fourth-order valence-electron chi connectivity index (χ4n) is 2.15. The number of rotatable bonds is 5. The van der Waals surface area contributed by atoms with Crippen molar-refractivity contribution in [1.82, 2.24) is 20.1 Å². The van der Waals surface area contributed by atoms with Crippen LogP contribution < -0.4 is 5.32 Å². The van der Waals surface area contributed by atoms with Crippen LogP contribution in [0, 0.1) is 13.8 Å². The molecule has 5 heteroatoms. The van der Waals surface area contributed by atoms with Crippen molar-refractivity contribution in [2.75, 3.05) is 6.54 Å². The van der Waals surface area contributed by atoms with Crippen molar-refractivity contribution in [2.45, 2.75) is 40.2 Å². The Hall–Kier alpha value is -1.20. The maximum Gasteiger partial charge on any atom is 0.127 e. The van der Waals surface area contributed by atoms with E-state index in [1.165, 1.54) is 11.3 Å². The molecule has 2 aromatic rings. The summed E-state index contributed by atoms with van der Waals surface area (Å²) < 4.78 is 1.92. The maximum absolute atomic E-state index is 4.77. The molecule has 0 saturated carbocycles. The molecule has 0 saturated heterocycles. The quantitative estimate of drug-likeness (QED) is 0.913. The monoisotopic (exact) mass is 278 g/mol. The molecule has 104 valence electrons. The van der Waals surface area contributed by atoms with Gasteiger partial charge in [0.25, 0.3) is 0 Å². The standard InChI is InChI=1S/C14H22N4S/c1-6-7-15-9(2)12-8-19-14(16-12)13-10(3)17-18(5)11(13)4/h8-9,15H,6-7H2,1-5H3. The van der Waals surface area contributed by atoms with E-state index >= 15 is 0 Å². The van der Waals surface area contributed by atoms with Crippen molar-refractivity contribution in [3.63, 3.8) is 0 Å². The Labute approximate surface area is 118 Å². The lowest BCUT2D eigenvalue weighted by Gasteiger charge is -2.09. The second-order valence-corrected chi connectivity index (χ2v) is 5.78. The van der Waals surface area contributed by atoms with Crippen LogP contribution in [0.4, 0.5) is 0 Å². The number of aryl methyl sites for hydroxylation is 2. The predicted octanol–water partition coefficient (Wildman–Crippen LogP) is 3.22. The van der Waals surface area contributed by atoms with Gasteiger partial charge in [-0.3, -0.25) is 4.68 Å². The van der Waals surface area contributed by atoms with E-state index in [0.717, 1.165) is 29.4 Å². The van der Waals surface area contributed by atoms with Gasteiger partial charge in [0.15, 0.2) is 0 Å². The molecule has 2 heterocycles. The van der Waals surface area contributed by atoms with E-state index in [2.05, 4.69) is 36.6 Å². The van der Waals surface area contributed by atoms with Gasteiger partial charge >= 0.3 is 0 Å². The van der Waals surface area contributed by atoms with Crippen LogP contribution in [0.1, 0.15) is 43.4 Å². The zero-order valence-electron chi connectivity index (χ0n) is 12.3. The Balaban J connectivity index is 2.25. The minimum absolute atomic E-state index is 0.308. The molecule has 0 aliphatic carbocycles. The van der Waals surface area contributed by atoms with E-state index < -0.39 is 0 Å². The molecule has 0 bridgehead atoms. The van der Waals surface area contributed by atoms with Gasteiger partial charge in [-0.15, -0.1) is 11.3 Å². The molecule has 0 radical (unpaired) electrons. The summed E-state index contributed by atoms with van der Waals surface area (Å²) in [5, 5.41) is 11.1. The normalized spacial score (nSPS) is 12.9. The molecule has 0 amide bonds. The third-order valence-corrected chi connectivity index (χ3v) is 4.27. The van der Waals surface area contributed by atoms with Crippen LogP contribution >= 0.6 is 11.3 Å². The third kappa shape index (κ3) is 2.87. The Bertz CT molecular complexity index is 556. The van der Waals surface area contributed by atoms with Crippen molar-refractivity contribution in [3.8, 4) is 10.6 Å². The Morgan fingerprint density at radius 3 is 2.74 bits per heavy atom. The van der Waals surface area contributed by atoms with E-state index in [-0.39, 0.29) is 0 Å². The first-order chi connectivity index (χ1) is 9.04. The molecule has 19 heavy (non-hydrogen) atoms. The predicted molar refractivity (Wildman–Crippen MR) is 80.5 cm³/mol. The smallest absolute Gasteiger partial charge is 0.127 e. The van der Waals surface area contributed by atoms with Crippen LogP contribution in [0.3, 0.4) is 0 Å². The summed E-state index contributed by atoms with van der Waals surface area (Å²) in [6.07, 6.45) is 1.14. The molecule has 0 aliphatic heterocycles. The summed E-state index contributed by atoms with van der Waals surface area (Å²) in [4.78, 5) is 4.77. The molecule has 2 rings (SSSR count). The second kappa shape index (κ2) is 5.84. The molecule has 0 aromatic carbocycles. The lowest BCUT2D eigenvalue weighted by molar-refractivity contribution is 0.561. The first kappa shape index (κ1) is 14.2. The van der Waals surface area contributed by atoms with Crippen LogP contribution in [0.25, 0.3) is 10.6 Å². The maximum atomic E-state index is 4.77. The number of hydrogen-bond acceptors (Lipinski definition) is 4. The summed E-state index contributed by atoms with van der Waals surface area (Å²) in [5.41, 5.74) is 4.53. The Kier molecular flexibility index (Phi) is 4.37. The second-order valence-electron chi connectivity index (χ2n) is 4.92. The number of thiazole rings is 1. The highest BCUT2D eigenvalue weighted by atomic mass is 32.1. The van der Waals surface area contributed by atoms with E-state index in [0.29, 0.717) is 6.04 Å². The van der Waals surface area contributed by atoms with Crippen molar-refractivity contribution >= 4 is 11.3 Å². The van der Waals surface area contributed by atoms with Crippen LogP contribution in [0.2, 0.25) is 0 Å². The first-order valence-electron chi connectivity index (χ1n) is 6.74. The molecular formula is C14H22N4S. The van der Waals surface area contributed by atoms with Gasteiger partial charge in [-0.2, -0.15) is 5.10 Å². The third-order valence-electron chi connectivity index (χ3n) is 3.39. The highest BCUT2D eigenvalue weighted by molar-refractivity contribution is 7.13. The SMILES string of the molecule is CCCNC(C)c1csc(-c2c(C)nn(C)c2C)n1. The minimum Gasteiger partial charge on any atom is -0.309 e. The van der Waals surface area contributed by atoms with E-state index in [1.807, 2.05) is 18.7 Å². The van der Waals surface area contributed by atoms with Crippen molar-refractivity contribution in [2.24, 2.45) is 7.05 Å². The highest BCUT2D eigenvalue weighted by Crippen LogP contribution is 2.30. The lowest BCUT2D eigenvalue weighted by Crippen LogP contribution is -2.19. The summed E-state index contributed by atoms with van der Waals surface area (Å²) in [6, 6.07) is 0.308. The van der Waals surface area contributed by atoms with Crippen LogP contribution in [0.5, 0.6) is 0 Å². The summed E-state index contributed by atoms with van der Waals surface area (Å²) in [7, 11) is 1.98. The van der Waals surface area contributed by atoms with Crippen molar-refractivity contribution in [1.29, 1.82) is 0 Å². The molecule has 4 nitrogen and oxygen atoms in total. The van der Waals surface area contributed by atoms with Gasteiger partial charge in [0, 0.05) is 24.2 Å². The van der Waals surface area contributed by atoms with E-state index in [1.54, 1.807) is 11.3 Å². The summed E-state index contributed by atoms with van der Waals surface area (Å²) >= 11 is 1.70. The topological polar surface area (TPSA) is 42.7 Å². The average molecular weight is 278 g/mol. The molecule has 1 N–H and O–H groups in total. The molecule has 2 aromatic heterocycles. The zero-order valence-corrected chi connectivity index (χ0v) is 13.1. The number of nitrogens with zero attached hydrogens (tertiary/aromatic N) is 3. The number of nitrogens with one attached hydrogen (secondary N) is 1. The Morgan fingerprint density at radius 1 is 1.42 bits per heavy atom. The number of hydrogen-bond donors (Lipinski definition) is 1. The van der Waals surface area contributed by atoms with Gasteiger partial charge in [0.2, 0.25) is 0 Å². The van der Waals surface area contributed by atoms with Crippen LogP contribution in [-0.4, -0.2) is 21.3 Å². The van der Waals surface area contributed by atoms with Gasteiger partial charge < -0.3 is 5.32 Å². The zero-order chi connectivity index (χ0) is 14.0. The van der Waals surface area contributed by atoms with E-state index in [9.17, 15) is 0 Å². The first-order valence-corrected chi connectivity index (χ1v) is 7.62. The van der Waals surface area contributed by atoms with Gasteiger partial charge in [-0.05, 0) is 33.7 Å². The van der Waals surface area contributed by atoms with Gasteiger partial charge in [0.1, 0.15) is 5.01 Å². The minimum atomic E-state index is 0.308. The molecule has 1 unspecified atom stereocenters.